The molecule has 6 nitrogen and oxygen atoms in total. The van der Waals surface area contributed by atoms with E-state index in [-0.39, 0.29) is 5.69 Å². The molecule has 2 rings (SSSR count). The van der Waals surface area contributed by atoms with Crippen LogP contribution in [0.4, 0.5) is 0 Å². The van der Waals surface area contributed by atoms with E-state index in [0.717, 1.165) is 70.7 Å². The Morgan fingerprint density at radius 3 is 3.00 bits per heavy atom. The Balaban J connectivity index is 1.71. The van der Waals surface area contributed by atoms with Gasteiger partial charge in [-0.3, -0.25) is 4.57 Å². The topological polar surface area (TPSA) is 61.1 Å². The zero-order chi connectivity index (χ0) is 13.5. The molecule has 108 valence electrons. The number of aromatic nitrogens is 3. The smallest absolute Gasteiger partial charge is 0.345 e. The number of methoxy groups -OCH3 is 1. The summed E-state index contributed by atoms with van der Waals surface area (Å²) in [4.78, 5) is 12.0. The van der Waals surface area contributed by atoms with Crippen molar-refractivity contribution in [2.24, 2.45) is 0 Å². The third-order valence-corrected chi connectivity index (χ3v) is 3.49. The number of hydrogen-bond donors (Lipinski definition) is 1. The lowest BCUT2D eigenvalue weighted by Gasteiger charge is -2.09. The lowest BCUT2D eigenvalue weighted by Crippen LogP contribution is -2.27. The Hall–Kier alpha value is -1.14. The van der Waals surface area contributed by atoms with Crippen LogP contribution in [-0.4, -0.2) is 41.2 Å². The number of fused-ring (bicyclic) bond motifs is 1. The number of ether oxygens (including phenoxy) is 1. The molecule has 0 amide bonds. The van der Waals surface area contributed by atoms with Gasteiger partial charge >= 0.3 is 5.69 Å². The summed E-state index contributed by atoms with van der Waals surface area (Å²) in [5.41, 5.74) is 0.0713. The summed E-state index contributed by atoms with van der Waals surface area (Å²) in [6, 6.07) is 0. The number of unbranched alkanes of at least 4 members (excludes halogenated alkanes) is 1. The van der Waals surface area contributed by atoms with Crippen molar-refractivity contribution in [1.82, 2.24) is 19.7 Å². The van der Waals surface area contributed by atoms with Crippen LogP contribution in [0.1, 0.15) is 31.5 Å². The van der Waals surface area contributed by atoms with Crippen LogP contribution in [0.15, 0.2) is 4.79 Å². The Morgan fingerprint density at radius 2 is 2.21 bits per heavy atom. The molecule has 1 aromatic rings. The molecule has 1 aliphatic heterocycles. The molecule has 0 aliphatic carbocycles. The minimum Gasteiger partial charge on any atom is -0.383 e. The summed E-state index contributed by atoms with van der Waals surface area (Å²) in [6.07, 6.45) is 5.23. The average Bonchev–Trinajstić information content (AvgIpc) is 2.75. The fourth-order valence-electron chi connectivity index (χ4n) is 2.40. The summed E-state index contributed by atoms with van der Waals surface area (Å²) in [7, 11) is 1.70. The van der Waals surface area contributed by atoms with Crippen molar-refractivity contribution in [2.75, 3.05) is 26.8 Å². The van der Waals surface area contributed by atoms with Crippen LogP contribution in [0, 0.1) is 0 Å². The molecule has 0 bridgehead atoms. The first-order valence-electron chi connectivity index (χ1n) is 7.19. The van der Waals surface area contributed by atoms with Crippen LogP contribution in [0.3, 0.4) is 0 Å². The summed E-state index contributed by atoms with van der Waals surface area (Å²) < 4.78 is 8.43. The van der Waals surface area contributed by atoms with Gasteiger partial charge in [0.2, 0.25) is 0 Å². The van der Waals surface area contributed by atoms with Crippen LogP contribution < -0.4 is 11.0 Å². The van der Waals surface area contributed by atoms with Gasteiger partial charge < -0.3 is 10.1 Å². The molecule has 0 atom stereocenters. The molecular weight excluding hydrogens is 244 g/mol. The Labute approximate surface area is 113 Å². The number of rotatable bonds is 8. The van der Waals surface area contributed by atoms with Crippen LogP contribution in [0.25, 0.3) is 0 Å². The maximum absolute atomic E-state index is 12.0. The molecule has 0 unspecified atom stereocenters. The zero-order valence-corrected chi connectivity index (χ0v) is 11.7. The zero-order valence-electron chi connectivity index (χ0n) is 11.7. The van der Waals surface area contributed by atoms with Gasteiger partial charge in [0.15, 0.2) is 0 Å². The van der Waals surface area contributed by atoms with Crippen molar-refractivity contribution in [3.63, 3.8) is 0 Å². The molecule has 0 fully saturated rings. The summed E-state index contributed by atoms with van der Waals surface area (Å²) >= 11 is 0. The van der Waals surface area contributed by atoms with Crippen molar-refractivity contribution in [1.29, 1.82) is 0 Å². The van der Waals surface area contributed by atoms with E-state index in [1.807, 2.05) is 4.57 Å². The molecule has 0 spiro atoms. The molecule has 6 heteroatoms. The van der Waals surface area contributed by atoms with Crippen molar-refractivity contribution in [2.45, 2.75) is 45.2 Å². The normalized spacial score (nSPS) is 14.6. The minimum atomic E-state index is 0.0713. The molecule has 0 saturated heterocycles. The van der Waals surface area contributed by atoms with Crippen molar-refractivity contribution < 1.29 is 4.74 Å². The third kappa shape index (κ3) is 3.91. The standard InChI is InChI=1S/C13H24N4O2/c1-19-11-8-14-7-3-5-10-17-13(18)16-9-4-2-6-12(16)15-17/h14H,2-11H2,1H3. The number of aryl methyl sites for hydroxylation is 2. The van der Waals surface area contributed by atoms with E-state index >= 15 is 0 Å². The second kappa shape index (κ2) is 7.45. The van der Waals surface area contributed by atoms with Gasteiger partial charge in [-0.1, -0.05) is 0 Å². The molecule has 0 saturated carbocycles. The maximum atomic E-state index is 12.0. The predicted octanol–water partition coefficient (Wildman–Crippen LogP) is 0.397. The first kappa shape index (κ1) is 14.3. The van der Waals surface area contributed by atoms with Crippen molar-refractivity contribution in [3.8, 4) is 0 Å². The highest BCUT2D eigenvalue weighted by molar-refractivity contribution is 4.91. The van der Waals surface area contributed by atoms with Crippen LogP contribution in [0.5, 0.6) is 0 Å². The Morgan fingerprint density at radius 1 is 1.32 bits per heavy atom. The highest BCUT2D eigenvalue weighted by atomic mass is 16.5. The van der Waals surface area contributed by atoms with Gasteiger partial charge in [0.25, 0.3) is 0 Å². The fraction of sp³-hybridized carbons (Fsp3) is 0.846. The molecule has 0 aromatic carbocycles. The average molecular weight is 268 g/mol. The second-order valence-corrected chi connectivity index (χ2v) is 4.98. The summed E-state index contributed by atoms with van der Waals surface area (Å²) in [5.74, 6) is 0.967. The molecule has 2 heterocycles. The molecule has 1 N–H and O–H groups in total. The van der Waals surface area contributed by atoms with Gasteiger partial charge in [-0.15, -0.1) is 0 Å². The lowest BCUT2D eigenvalue weighted by molar-refractivity contribution is 0.199. The molecule has 0 radical (unpaired) electrons. The number of nitrogens with zero attached hydrogens (tertiary/aromatic N) is 3. The van der Waals surface area contributed by atoms with Crippen molar-refractivity contribution >= 4 is 0 Å². The van der Waals surface area contributed by atoms with E-state index < -0.39 is 0 Å². The van der Waals surface area contributed by atoms with Gasteiger partial charge in [-0.05, 0) is 32.2 Å². The van der Waals surface area contributed by atoms with Gasteiger partial charge in [-0.2, -0.15) is 5.10 Å². The largest absolute Gasteiger partial charge is 0.383 e. The molecule has 1 aliphatic rings. The van der Waals surface area contributed by atoms with E-state index in [0.29, 0.717) is 0 Å². The Kier molecular flexibility index (Phi) is 5.60. The van der Waals surface area contributed by atoms with Crippen LogP contribution >= 0.6 is 0 Å². The van der Waals surface area contributed by atoms with E-state index in [1.165, 1.54) is 0 Å². The van der Waals surface area contributed by atoms with Crippen molar-refractivity contribution in [3.05, 3.63) is 16.3 Å². The van der Waals surface area contributed by atoms with E-state index in [1.54, 1.807) is 11.8 Å². The monoisotopic (exact) mass is 268 g/mol. The van der Waals surface area contributed by atoms with Gasteiger partial charge in [-0.25, -0.2) is 9.48 Å². The van der Waals surface area contributed by atoms with Crippen LogP contribution in [-0.2, 0) is 24.2 Å². The Bertz CT molecular complexity index is 438. The SMILES string of the molecule is COCCNCCCCn1nc2n(c1=O)CCCC2. The fourth-order valence-corrected chi connectivity index (χ4v) is 2.40. The quantitative estimate of drug-likeness (QED) is 0.693. The van der Waals surface area contributed by atoms with Gasteiger partial charge in [0.1, 0.15) is 5.82 Å². The van der Waals surface area contributed by atoms with E-state index in [2.05, 4.69) is 10.4 Å². The van der Waals surface area contributed by atoms with Gasteiger partial charge in [0.05, 0.1) is 6.61 Å². The third-order valence-electron chi connectivity index (χ3n) is 3.49. The minimum absolute atomic E-state index is 0.0713. The number of nitrogens with one attached hydrogen (secondary N) is 1. The van der Waals surface area contributed by atoms with E-state index in [9.17, 15) is 4.79 Å². The highest BCUT2D eigenvalue weighted by Gasteiger charge is 2.15. The molecular formula is C13H24N4O2. The first-order valence-corrected chi connectivity index (χ1v) is 7.19. The maximum Gasteiger partial charge on any atom is 0.345 e. The first-order chi connectivity index (χ1) is 9.33. The molecule has 19 heavy (non-hydrogen) atoms. The second-order valence-electron chi connectivity index (χ2n) is 4.98. The van der Waals surface area contributed by atoms with E-state index in [4.69, 9.17) is 4.74 Å². The lowest BCUT2D eigenvalue weighted by atomic mass is 10.2. The van der Waals surface area contributed by atoms with Crippen LogP contribution in [0.2, 0.25) is 0 Å². The predicted molar refractivity (Wildman–Crippen MR) is 73.4 cm³/mol. The summed E-state index contributed by atoms with van der Waals surface area (Å²) in [6.45, 7) is 4.16. The highest BCUT2D eigenvalue weighted by Crippen LogP contribution is 2.09. The summed E-state index contributed by atoms with van der Waals surface area (Å²) in [5, 5.41) is 7.72. The van der Waals surface area contributed by atoms with Gasteiger partial charge in [0, 0.05) is 33.2 Å². The molecule has 1 aromatic heterocycles. The number of hydrogen-bond acceptors (Lipinski definition) is 4.